The van der Waals surface area contributed by atoms with Gasteiger partial charge in [-0.2, -0.15) is 0 Å². The summed E-state index contributed by atoms with van der Waals surface area (Å²) in [5.41, 5.74) is 0.123. The van der Waals surface area contributed by atoms with Gasteiger partial charge in [-0.1, -0.05) is 66.2 Å². The Balaban J connectivity index is 1.35. The number of ketones is 1. The lowest BCUT2D eigenvalue weighted by Crippen LogP contribution is -2.66. The van der Waals surface area contributed by atoms with Crippen LogP contribution in [0.5, 0.6) is 0 Å². The largest absolute Gasteiger partial charge is 0.478 e. The minimum absolute atomic E-state index is 0.00122. The van der Waals surface area contributed by atoms with E-state index in [1.807, 2.05) is 13.0 Å². The maximum absolute atomic E-state index is 14.7. The Morgan fingerprint density at radius 1 is 0.891 bits per heavy atom. The normalized spacial score (nSPS) is 42.7. The van der Waals surface area contributed by atoms with E-state index >= 15 is 0 Å². The van der Waals surface area contributed by atoms with Gasteiger partial charge in [-0.15, -0.1) is 0 Å². The van der Waals surface area contributed by atoms with E-state index in [1.54, 1.807) is 18.2 Å². The fourth-order valence-corrected chi connectivity index (χ4v) is 11.8. The van der Waals surface area contributed by atoms with E-state index < -0.39 is 11.4 Å². The molecule has 0 aromatic heterocycles. The van der Waals surface area contributed by atoms with Gasteiger partial charge in [-0.25, -0.2) is 4.79 Å². The number of aromatic carboxylic acids is 1. The van der Waals surface area contributed by atoms with Crippen molar-refractivity contribution in [3.05, 3.63) is 41.5 Å². The molecule has 0 spiro atoms. The van der Waals surface area contributed by atoms with Crippen molar-refractivity contribution >= 4 is 29.3 Å². The van der Waals surface area contributed by atoms with Gasteiger partial charge in [0, 0.05) is 23.7 Å². The fourth-order valence-electron chi connectivity index (χ4n) is 11.8. The predicted octanol–water partition coefficient (Wildman–Crippen LogP) is 8.24. The van der Waals surface area contributed by atoms with Gasteiger partial charge in [0.15, 0.2) is 5.78 Å². The number of ether oxygens (including phenoxy) is 1. The zero-order valence-electron chi connectivity index (χ0n) is 29.0. The topological polar surface area (TPSA) is 110 Å². The van der Waals surface area contributed by atoms with Crippen molar-refractivity contribution in [1.29, 1.82) is 0 Å². The molecule has 9 atom stereocenters. The number of carbonyl (C=O) groups is 4. The van der Waals surface area contributed by atoms with Gasteiger partial charge in [0.2, 0.25) is 5.91 Å². The molecule has 0 bridgehead atoms. The molecule has 7 heteroatoms. The van der Waals surface area contributed by atoms with Crippen LogP contribution in [0.15, 0.2) is 35.9 Å². The molecule has 5 aliphatic carbocycles. The lowest BCUT2D eigenvalue weighted by molar-refractivity contribution is -0.210. The van der Waals surface area contributed by atoms with Gasteiger partial charge in [0.25, 0.3) is 0 Å². The number of amides is 1. The molecule has 2 N–H and O–H groups in total. The Morgan fingerprint density at radius 3 is 2.24 bits per heavy atom. The number of hydrogen-bond acceptors (Lipinski definition) is 5. The van der Waals surface area contributed by atoms with Crippen LogP contribution in [0.25, 0.3) is 0 Å². The lowest BCUT2D eigenvalue weighted by atomic mass is 9.33. The number of para-hydroxylation sites is 1. The smallest absolute Gasteiger partial charge is 0.337 e. The third-order valence-electron chi connectivity index (χ3n) is 14.8. The van der Waals surface area contributed by atoms with Crippen LogP contribution in [0.4, 0.5) is 5.69 Å². The summed E-state index contributed by atoms with van der Waals surface area (Å²) in [4.78, 5) is 52.5. The van der Waals surface area contributed by atoms with Crippen LogP contribution >= 0.6 is 0 Å². The highest BCUT2D eigenvalue weighted by molar-refractivity contribution is 6.02. The van der Waals surface area contributed by atoms with Crippen LogP contribution in [0, 0.1) is 50.2 Å². The second kappa shape index (κ2) is 10.5. The quantitative estimate of drug-likeness (QED) is 0.324. The summed E-state index contributed by atoms with van der Waals surface area (Å²) < 4.78 is 5.86. The first-order valence-corrected chi connectivity index (χ1v) is 17.4. The van der Waals surface area contributed by atoms with Crippen molar-refractivity contribution in [3.8, 4) is 0 Å². The third kappa shape index (κ3) is 4.57. The SMILES string of the molecule is CC(=O)O[C@@H]1CC[C@]2(C)[C@H](CC[C@]3(C)[C@@H]2C(=O)C=C2[C@@H]4C[C@](C)(C(=O)Nc5ccccc5C(=O)O)CC[C@]4(C)CC[C@]23C)C1(C)C. The Bertz CT molecular complexity index is 1530. The van der Waals surface area contributed by atoms with E-state index in [9.17, 15) is 24.3 Å². The van der Waals surface area contributed by atoms with Crippen molar-refractivity contribution in [2.24, 2.45) is 50.2 Å². The number of fused-ring (bicyclic) bond motifs is 7. The summed E-state index contributed by atoms with van der Waals surface area (Å²) in [7, 11) is 0. The highest BCUT2D eigenvalue weighted by Gasteiger charge is 2.70. The molecule has 0 radical (unpaired) electrons. The first-order valence-electron chi connectivity index (χ1n) is 17.4. The highest BCUT2D eigenvalue weighted by atomic mass is 16.5. The van der Waals surface area contributed by atoms with Gasteiger partial charge >= 0.3 is 11.9 Å². The zero-order valence-corrected chi connectivity index (χ0v) is 29.0. The molecule has 6 rings (SSSR count). The average molecular weight is 632 g/mol. The van der Waals surface area contributed by atoms with Gasteiger partial charge in [0.05, 0.1) is 11.3 Å². The number of allylic oxidation sites excluding steroid dienone is 2. The molecule has 5 aliphatic rings. The minimum Gasteiger partial charge on any atom is -0.478 e. The van der Waals surface area contributed by atoms with Gasteiger partial charge in [-0.3, -0.25) is 14.4 Å². The van der Waals surface area contributed by atoms with Crippen LogP contribution in [-0.4, -0.2) is 34.8 Å². The van der Waals surface area contributed by atoms with Gasteiger partial charge < -0.3 is 15.2 Å². The molecule has 1 amide bonds. The molecule has 1 aromatic carbocycles. The van der Waals surface area contributed by atoms with Crippen LogP contribution < -0.4 is 5.32 Å². The van der Waals surface area contributed by atoms with E-state index in [1.165, 1.54) is 18.6 Å². The number of nitrogens with one attached hydrogen (secondary N) is 1. The number of hydrogen-bond donors (Lipinski definition) is 2. The lowest BCUT2D eigenvalue weighted by Gasteiger charge is -2.70. The zero-order chi connectivity index (χ0) is 33.7. The van der Waals surface area contributed by atoms with Gasteiger partial charge in [0.1, 0.15) is 6.10 Å². The number of anilines is 1. The van der Waals surface area contributed by atoms with Crippen LogP contribution in [0.1, 0.15) is 124 Å². The summed E-state index contributed by atoms with van der Waals surface area (Å²) in [5.74, 6) is -0.972. The van der Waals surface area contributed by atoms with Crippen molar-refractivity contribution < 1.29 is 29.0 Å². The average Bonchev–Trinajstić information content (AvgIpc) is 2.96. The molecule has 0 saturated heterocycles. The van der Waals surface area contributed by atoms with E-state index in [0.29, 0.717) is 12.1 Å². The monoisotopic (exact) mass is 631 g/mol. The molecular formula is C39H53NO6. The Hall–Kier alpha value is -2.96. The second-order valence-electron chi connectivity index (χ2n) is 17.5. The number of benzene rings is 1. The minimum atomic E-state index is -1.07. The molecule has 0 unspecified atom stereocenters. The van der Waals surface area contributed by atoms with Crippen molar-refractivity contribution in [2.45, 2.75) is 119 Å². The summed E-state index contributed by atoms with van der Waals surface area (Å²) in [5, 5.41) is 12.7. The van der Waals surface area contributed by atoms with Crippen LogP contribution in [0.2, 0.25) is 0 Å². The first-order chi connectivity index (χ1) is 21.3. The van der Waals surface area contributed by atoms with Crippen LogP contribution in [0.3, 0.4) is 0 Å². The number of rotatable bonds is 4. The first kappa shape index (κ1) is 33.0. The standard InChI is InChI=1S/C39H53NO6/c1-23(41)46-30-14-15-37(6)29(34(30,2)3)13-16-39(8)31(37)28(42)21-25-26-22-36(5,18-17-35(26,4)19-20-38(25,39)7)33(45)40-27-12-10-9-11-24(27)32(43)44/h9-12,21,26,29-31H,13-20,22H2,1-8H3,(H,40,45)(H,43,44)/t26-,29+,30+,31+,35+,36+,37+,38+,39+/m0/s1. The fraction of sp³-hybridized carbons (Fsp3) is 0.692. The number of carboxylic acids is 1. The molecular weight excluding hydrogens is 578 g/mol. The second-order valence-corrected chi connectivity index (χ2v) is 17.5. The van der Waals surface area contributed by atoms with Crippen molar-refractivity contribution in [2.75, 3.05) is 5.32 Å². The summed E-state index contributed by atoms with van der Waals surface area (Å²) >= 11 is 0. The summed E-state index contributed by atoms with van der Waals surface area (Å²) in [6.07, 6.45) is 9.78. The molecule has 4 saturated carbocycles. The maximum atomic E-state index is 14.7. The summed E-state index contributed by atoms with van der Waals surface area (Å²) in [6.45, 7) is 17.5. The van der Waals surface area contributed by atoms with Crippen molar-refractivity contribution in [3.63, 3.8) is 0 Å². The van der Waals surface area contributed by atoms with E-state index in [2.05, 4.69) is 46.9 Å². The van der Waals surface area contributed by atoms with Gasteiger partial charge in [-0.05, 0) is 109 Å². The Kier molecular flexibility index (Phi) is 7.54. The van der Waals surface area contributed by atoms with E-state index in [4.69, 9.17) is 4.74 Å². The molecule has 0 heterocycles. The maximum Gasteiger partial charge on any atom is 0.337 e. The van der Waals surface area contributed by atoms with Crippen molar-refractivity contribution in [1.82, 2.24) is 0 Å². The van der Waals surface area contributed by atoms with Crippen LogP contribution in [-0.2, 0) is 19.1 Å². The molecule has 4 fully saturated rings. The highest BCUT2D eigenvalue weighted by Crippen LogP contribution is 2.75. The molecule has 1 aromatic rings. The molecule has 250 valence electrons. The molecule has 46 heavy (non-hydrogen) atoms. The predicted molar refractivity (Wildman–Crippen MR) is 177 cm³/mol. The number of esters is 1. The van der Waals surface area contributed by atoms with E-state index in [0.717, 1.165) is 51.4 Å². The Labute approximate surface area is 274 Å². The molecule has 7 nitrogen and oxygen atoms in total. The third-order valence-corrected chi connectivity index (χ3v) is 14.8. The number of carboxylic acid groups (broad SMARTS) is 1. The number of carbonyl (C=O) groups excluding carboxylic acids is 3. The molecule has 0 aliphatic heterocycles. The Morgan fingerprint density at radius 2 is 1.57 bits per heavy atom. The summed E-state index contributed by atoms with van der Waals surface area (Å²) in [6, 6.07) is 6.57. The van der Waals surface area contributed by atoms with E-state index in [-0.39, 0.29) is 74.2 Å².